The lowest BCUT2D eigenvalue weighted by Gasteiger charge is -2.18. The third kappa shape index (κ3) is 3.96. The Labute approximate surface area is 153 Å². The van der Waals surface area contributed by atoms with Gasteiger partial charge in [-0.3, -0.25) is 0 Å². The minimum Gasteiger partial charge on any atom is -0.466 e. The van der Waals surface area contributed by atoms with Gasteiger partial charge in [0.05, 0.1) is 17.2 Å². The molecule has 8 heteroatoms. The van der Waals surface area contributed by atoms with Gasteiger partial charge >= 0.3 is 5.97 Å². The van der Waals surface area contributed by atoms with E-state index in [9.17, 15) is 4.79 Å². The molecule has 0 N–H and O–H groups in total. The van der Waals surface area contributed by atoms with Crippen molar-refractivity contribution >= 4 is 58.1 Å². The van der Waals surface area contributed by atoms with Gasteiger partial charge in [0.25, 0.3) is 5.00 Å². The number of carbonyl (C=O) groups is 1. The SMILES string of the molecule is COC(=O)C(Cl)(N=Nc1c(Cl)cc(Cl)cc1Cl)c1ccccc1. The van der Waals surface area contributed by atoms with Gasteiger partial charge in [-0.1, -0.05) is 76.7 Å². The fourth-order valence-electron chi connectivity index (χ4n) is 1.76. The first-order valence-electron chi connectivity index (χ1n) is 6.29. The molecule has 1 atom stereocenters. The molecule has 1 unspecified atom stereocenters. The first-order chi connectivity index (χ1) is 10.9. The van der Waals surface area contributed by atoms with Crippen LogP contribution in [0.2, 0.25) is 15.1 Å². The molecule has 0 amide bonds. The minimum absolute atomic E-state index is 0.155. The Morgan fingerprint density at radius 2 is 1.65 bits per heavy atom. The number of hydrogen-bond donors (Lipinski definition) is 0. The predicted molar refractivity (Wildman–Crippen MR) is 92.0 cm³/mol. The molecule has 0 fully saturated rings. The van der Waals surface area contributed by atoms with Gasteiger partial charge in [0.1, 0.15) is 5.69 Å². The molecule has 0 aliphatic heterocycles. The summed E-state index contributed by atoms with van der Waals surface area (Å²) >= 11 is 24.3. The summed E-state index contributed by atoms with van der Waals surface area (Å²) in [5.74, 6) is -0.782. The van der Waals surface area contributed by atoms with Crippen molar-refractivity contribution in [1.82, 2.24) is 0 Å². The van der Waals surface area contributed by atoms with Gasteiger partial charge < -0.3 is 4.74 Å². The fourth-order valence-corrected chi connectivity index (χ4v) is 2.89. The number of ether oxygens (including phenoxy) is 1. The van der Waals surface area contributed by atoms with Gasteiger partial charge in [0.2, 0.25) is 0 Å². The van der Waals surface area contributed by atoms with Crippen LogP contribution in [-0.4, -0.2) is 13.1 Å². The Morgan fingerprint density at radius 3 is 2.17 bits per heavy atom. The summed E-state index contributed by atoms with van der Waals surface area (Å²) in [4.78, 5) is 10.2. The van der Waals surface area contributed by atoms with E-state index in [1.54, 1.807) is 30.3 Å². The number of azo groups is 1. The summed E-state index contributed by atoms with van der Waals surface area (Å²) in [7, 11) is 1.21. The second kappa shape index (κ2) is 7.49. The first kappa shape index (κ1) is 18.0. The predicted octanol–water partition coefficient (Wildman–Crippen LogP) is 6.00. The maximum absolute atomic E-state index is 12.1. The van der Waals surface area contributed by atoms with E-state index >= 15 is 0 Å². The molecule has 0 aliphatic rings. The number of hydrogen-bond acceptors (Lipinski definition) is 4. The molecule has 0 saturated heterocycles. The topological polar surface area (TPSA) is 51.0 Å². The highest BCUT2D eigenvalue weighted by Gasteiger charge is 2.40. The molecule has 2 aromatic rings. The monoisotopic (exact) mass is 390 g/mol. The molecule has 0 spiro atoms. The van der Waals surface area contributed by atoms with E-state index in [-0.39, 0.29) is 15.7 Å². The number of nitrogens with zero attached hydrogens (tertiary/aromatic N) is 2. The van der Waals surface area contributed by atoms with E-state index in [0.717, 1.165) is 0 Å². The summed E-state index contributed by atoms with van der Waals surface area (Å²) in [6, 6.07) is 11.4. The maximum atomic E-state index is 12.1. The van der Waals surface area contributed by atoms with E-state index in [2.05, 4.69) is 10.2 Å². The van der Waals surface area contributed by atoms with E-state index in [0.29, 0.717) is 10.6 Å². The van der Waals surface area contributed by atoms with Crippen molar-refractivity contribution in [2.24, 2.45) is 10.2 Å². The van der Waals surface area contributed by atoms with Crippen LogP contribution in [0.25, 0.3) is 0 Å². The van der Waals surface area contributed by atoms with E-state index < -0.39 is 11.0 Å². The van der Waals surface area contributed by atoms with Crippen LogP contribution in [0, 0.1) is 0 Å². The summed E-state index contributed by atoms with van der Waals surface area (Å²) in [5.41, 5.74) is 0.557. The van der Waals surface area contributed by atoms with E-state index in [1.807, 2.05) is 0 Å². The molecule has 120 valence electrons. The highest BCUT2D eigenvalue weighted by atomic mass is 35.5. The number of alkyl halides is 1. The molecule has 23 heavy (non-hydrogen) atoms. The molecular weight excluding hydrogens is 382 g/mol. The van der Waals surface area contributed by atoms with Gasteiger partial charge in [-0.25, -0.2) is 4.79 Å². The molecule has 0 aliphatic carbocycles. The molecule has 0 radical (unpaired) electrons. The molecule has 2 aromatic carbocycles. The number of methoxy groups -OCH3 is 1. The van der Waals surface area contributed by atoms with Gasteiger partial charge in [-0.05, 0) is 12.1 Å². The summed E-state index contributed by atoms with van der Waals surface area (Å²) in [5, 5.41) is 8.58. The van der Waals surface area contributed by atoms with Crippen molar-refractivity contribution in [3.8, 4) is 0 Å². The van der Waals surface area contributed by atoms with Crippen LogP contribution < -0.4 is 0 Å². The molecule has 4 nitrogen and oxygen atoms in total. The van der Waals surface area contributed by atoms with Crippen LogP contribution >= 0.6 is 46.4 Å². The van der Waals surface area contributed by atoms with E-state index in [1.165, 1.54) is 19.2 Å². The number of rotatable bonds is 4. The summed E-state index contributed by atoms with van der Waals surface area (Å²) < 4.78 is 4.73. The molecule has 0 saturated carbocycles. The largest absolute Gasteiger partial charge is 0.466 e. The second-order valence-corrected chi connectivity index (χ2v) is 6.20. The molecule has 2 rings (SSSR count). The zero-order valence-corrected chi connectivity index (χ0v) is 14.8. The van der Waals surface area contributed by atoms with Crippen LogP contribution in [-0.2, 0) is 14.5 Å². The highest BCUT2D eigenvalue weighted by molar-refractivity contribution is 6.41. The van der Waals surface area contributed by atoms with Gasteiger partial charge in [-0.15, -0.1) is 5.11 Å². The Hall–Kier alpha value is -1.33. The first-order valence-corrected chi connectivity index (χ1v) is 7.80. The minimum atomic E-state index is -1.84. The molecule has 0 aromatic heterocycles. The van der Waals surface area contributed by atoms with Gasteiger partial charge in [0.15, 0.2) is 0 Å². The molecular formula is C15H10Cl4N2O2. The number of halogens is 4. The Balaban J connectivity index is 2.50. The van der Waals surface area contributed by atoms with Crippen molar-refractivity contribution in [3.63, 3.8) is 0 Å². The van der Waals surface area contributed by atoms with Crippen molar-refractivity contribution in [2.45, 2.75) is 5.00 Å². The van der Waals surface area contributed by atoms with Gasteiger partial charge in [-0.2, -0.15) is 5.11 Å². The number of benzene rings is 2. The molecule has 0 heterocycles. The lowest BCUT2D eigenvalue weighted by molar-refractivity contribution is -0.144. The lowest BCUT2D eigenvalue weighted by Crippen LogP contribution is -2.28. The van der Waals surface area contributed by atoms with E-state index in [4.69, 9.17) is 51.1 Å². The highest BCUT2D eigenvalue weighted by Crippen LogP contribution is 2.39. The standard InChI is InChI=1S/C15H10Cl4N2O2/c1-23-14(22)15(19,9-5-3-2-4-6-9)21-20-13-11(17)7-10(16)8-12(13)18/h2-8H,1H3. The quantitative estimate of drug-likeness (QED) is 0.278. The Bertz CT molecular complexity index is 729. The van der Waals surface area contributed by atoms with Crippen molar-refractivity contribution in [2.75, 3.05) is 7.11 Å². The van der Waals surface area contributed by atoms with Crippen LogP contribution in [0.5, 0.6) is 0 Å². The van der Waals surface area contributed by atoms with Crippen molar-refractivity contribution < 1.29 is 9.53 Å². The van der Waals surface area contributed by atoms with Crippen LogP contribution in [0.3, 0.4) is 0 Å². The Kier molecular flexibility index (Phi) is 5.87. The van der Waals surface area contributed by atoms with Crippen molar-refractivity contribution in [3.05, 3.63) is 63.1 Å². The Morgan fingerprint density at radius 1 is 1.09 bits per heavy atom. The zero-order valence-electron chi connectivity index (χ0n) is 11.8. The number of esters is 1. The smallest absolute Gasteiger partial charge is 0.356 e. The normalized spacial score (nSPS) is 13.8. The average Bonchev–Trinajstić information content (AvgIpc) is 2.53. The third-order valence-corrected chi connectivity index (χ3v) is 4.12. The van der Waals surface area contributed by atoms with Crippen LogP contribution in [0.4, 0.5) is 5.69 Å². The summed E-state index contributed by atoms with van der Waals surface area (Å²) in [6.07, 6.45) is 0. The maximum Gasteiger partial charge on any atom is 0.356 e. The van der Waals surface area contributed by atoms with Crippen molar-refractivity contribution in [1.29, 1.82) is 0 Å². The average molecular weight is 392 g/mol. The molecule has 0 bridgehead atoms. The zero-order chi connectivity index (χ0) is 17.0. The van der Waals surface area contributed by atoms with Crippen LogP contribution in [0.1, 0.15) is 5.56 Å². The third-order valence-electron chi connectivity index (χ3n) is 2.88. The number of carbonyl (C=O) groups excluding carboxylic acids is 1. The van der Waals surface area contributed by atoms with Gasteiger partial charge in [0, 0.05) is 10.6 Å². The fraction of sp³-hybridized carbons (Fsp3) is 0.133. The van der Waals surface area contributed by atoms with Crippen LogP contribution in [0.15, 0.2) is 52.7 Å². The summed E-state index contributed by atoms with van der Waals surface area (Å²) in [6.45, 7) is 0. The second-order valence-electron chi connectivity index (χ2n) is 4.40. The lowest BCUT2D eigenvalue weighted by atomic mass is 10.1.